The molecular weight excluding hydrogens is 646 g/mol. The Bertz CT molecular complexity index is 2230. The largest absolute Gasteiger partial charge is 0.493 e. The number of aromatic nitrogens is 5. The van der Waals surface area contributed by atoms with Crippen molar-refractivity contribution >= 4 is 62.4 Å². The van der Waals surface area contributed by atoms with Crippen LogP contribution in [0.3, 0.4) is 0 Å². The lowest BCUT2D eigenvalue weighted by Gasteiger charge is -2.15. The van der Waals surface area contributed by atoms with Crippen LogP contribution in [0.15, 0.2) is 76.0 Å². The van der Waals surface area contributed by atoms with Gasteiger partial charge >= 0.3 is 0 Å². The van der Waals surface area contributed by atoms with E-state index in [1.165, 1.54) is 33.6 Å². The van der Waals surface area contributed by atoms with Crippen molar-refractivity contribution in [2.24, 2.45) is 0 Å². The Morgan fingerprint density at radius 2 is 1.85 bits per heavy atom. The molecule has 2 N–H and O–H groups in total. The number of methoxy groups -OCH3 is 2. The summed E-state index contributed by atoms with van der Waals surface area (Å²) in [5.41, 5.74) is 3.05. The molecular formula is C32H28ClN7O4S2. The molecule has 0 radical (unpaired) electrons. The summed E-state index contributed by atoms with van der Waals surface area (Å²) in [6.07, 6.45) is 2.11. The lowest BCUT2D eigenvalue weighted by atomic mass is 10.1. The van der Waals surface area contributed by atoms with Gasteiger partial charge in [-0.1, -0.05) is 65.0 Å². The lowest BCUT2D eigenvalue weighted by Crippen LogP contribution is -2.32. The minimum atomic E-state index is -0.584. The van der Waals surface area contributed by atoms with Crippen molar-refractivity contribution in [3.8, 4) is 11.5 Å². The second kappa shape index (κ2) is 13.3. The molecule has 0 aliphatic rings. The van der Waals surface area contributed by atoms with E-state index in [9.17, 15) is 9.59 Å². The van der Waals surface area contributed by atoms with Crippen molar-refractivity contribution in [3.05, 3.63) is 110 Å². The third-order valence-corrected chi connectivity index (χ3v) is 9.78. The summed E-state index contributed by atoms with van der Waals surface area (Å²) in [4.78, 5) is 32.2. The van der Waals surface area contributed by atoms with Crippen molar-refractivity contribution in [3.63, 3.8) is 0 Å². The number of ether oxygens (including phenoxy) is 2. The van der Waals surface area contributed by atoms with E-state index >= 15 is 0 Å². The van der Waals surface area contributed by atoms with Crippen LogP contribution in [0.25, 0.3) is 16.7 Å². The number of nitrogens with one attached hydrogen (secondary N) is 2. The number of rotatable bonds is 10. The van der Waals surface area contributed by atoms with Gasteiger partial charge in [-0.3, -0.25) is 24.7 Å². The Morgan fingerprint density at radius 1 is 1.04 bits per heavy atom. The van der Waals surface area contributed by atoms with Crippen molar-refractivity contribution in [2.45, 2.75) is 30.0 Å². The zero-order chi connectivity index (χ0) is 32.4. The lowest BCUT2D eigenvalue weighted by molar-refractivity contribution is 0.102. The van der Waals surface area contributed by atoms with Gasteiger partial charge in [0.1, 0.15) is 16.8 Å². The molecule has 0 bridgehead atoms. The molecule has 1 amide bonds. The van der Waals surface area contributed by atoms with E-state index in [1.807, 2.05) is 55.5 Å². The van der Waals surface area contributed by atoms with Crippen LogP contribution in [0.4, 0.5) is 5.13 Å². The third-order valence-electron chi connectivity index (χ3n) is 7.39. The van der Waals surface area contributed by atoms with Gasteiger partial charge < -0.3 is 14.0 Å². The first-order valence-electron chi connectivity index (χ1n) is 14.1. The number of nitrogens with zero attached hydrogens (tertiary/aromatic N) is 5. The first-order valence-corrected chi connectivity index (χ1v) is 16.3. The molecule has 11 nitrogen and oxygen atoms in total. The van der Waals surface area contributed by atoms with E-state index in [2.05, 4.69) is 15.5 Å². The van der Waals surface area contributed by atoms with Gasteiger partial charge in [-0.15, -0.1) is 10.2 Å². The molecule has 46 heavy (non-hydrogen) atoms. The molecule has 4 aromatic heterocycles. The average Bonchev–Trinajstić information content (AvgIpc) is 3.51. The summed E-state index contributed by atoms with van der Waals surface area (Å²) < 4.78 is 14.5. The molecule has 6 aromatic rings. The van der Waals surface area contributed by atoms with Crippen molar-refractivity contribution in [2.75, 3.05) is 19.5 Å². The van der Waals surface area contributed by atoms with Gasteiger partial charge in [0.2, 0.25) is 5.13 Å². The number of pyridine rings is 2. The van der Waals surface area contributed by atoms with Gasteiger partial charge in [0.25, 0.3) is 11.5 Å². The topological polar surface area (TPSA) is 136 Å². The maximum absolute atomic E-state index is 13.7. The molecule has 0 unspecified atom stereocenters. The van der Waals surface area contributed by atoms with E-state index in [1.54, 1.807) is 31.0 Å². The molecule has 0 saturated carbocycles. The number of aryl methyl sites for hydroxylation is 3. The fourth-order valence-electron chi connectivity index (χ4n) is 5.00. The molecule has 0 aliphatic heterocycles. The number of carbonyl (C=O) groups is 1. The summed E-state index contributed by atoms with van der Waals surface area (Å²) in [5.74, 6) is 1.18. The highest BCUT2D eigenvalue weighted by Gasteiger charge is 2.20. The smallest absolute Gasteiger partial charge is 0.267 e. The number of hydrogen-bond acceptors (Lipinski definition) is 10. The molecule has 0 spiro atoms. The SMILES string of the molecule is COc1ccc(CCn2c(=N)c(C(=O)Nc3nnc(SCc4ccccc4Cl)s3)cc3c(=O)n4cccc(C)c4nc32)cc1OC. The Kier molecular flexibility index (Phi) is 9.06. The number of thioether (sulfide) groups is 1. The number of benzene rings is 2. The van der Waals surface area contributed by atoms with Crippen molar-refractivity contribution in [1.29, 1.82) is 5.41 Å². The van der Waals surface area contributed by atoms with E-state index in [0.717, 1.165) is 16.7 Å². The summed E-state index contributed by atoms with van der Waals surface area (Å²) in [6, 6.07) is 18.2. The number of amides is 1. The minimum Gasteiger partial charge on any atom is -0.493 e. The van der Waals surface area contributed by atoms with Crippen molar-refractivity contribution < 1.29 is 14.3 Å². The maximum atomic E-state index is 13.7. The molecule has 0 saturated heterocycles. The van der Waals surface area contributed by atoms with Crippen molar-refractivity contribution in [1.82, 2.24) is 24.1 Å². The van der Waals surface area contributed by atoms with E-state index in [-0.39, 0.29) is 33.7 Å². The molecule has 0 aliphatic carbocycles. The van der Waals surface area contributed by atoms with E-state index in [4.69, 9.17) is 31.5 Å². The van der Waals surface area contributed by atoms with Crippen LogP contribution >= 0.6 is 34.7 Å². The molecule has 4 heterocycles. The highest BCUT2D eigenvalue weighted by molar-refractivity contribution is 8.00. The van der Waals surface area contributed by atoms with E-state index in [0.29, 0.717) is 44.3 Å². The minimum absolute atomic E-state index is 0.00628. The average molecular weight is 674 g/mol. The maximum Gasteiger partial charge on any atom is 0.267 e. The zero-order valence-corrected chi connectivity index (χ0v) is 27.4. The Labute approximate surface area is 276 Å². The Balaban J connectivity index is 1.35. The predicted molar refractivity (Wildman–Crippen MR) is 180 cm³/mol. The predicted octanol–water partition coefficient (Wildman–Crippen LogP) is 5.75. The van der Waals surface area contributed by atoms with Crippen LogP contribution in [0.1, 0.15) is 27.0 Å². The molecule has 0 atom stereocenters. The standard InChI is InChI=1S/C32H28ClN7O4S2/c1-18-7-6-13-40-27(18)35-28-22(30(40)42)16-21(26(34)39(28)14-12-19-10-11-24(43-2)25(15-19)44-3)29(41)36-31-37-38-32(46-31)45-17-20-8-4-5-9-23(20)33/h4-11,13,15-16,34H,12,14,17H2,1-3H3,(H,36,37,41). The van der Waals surface area contributed by atoms with Crippen LogP contribution in [-0.4, -0.2) is 44.3 Å². The summed E-state index contributed by atoms with van der Waals surface area (Å²) >= 11 is 8.94. The quantitative estimate of drug-likeness (QED) is 0.107. The Hall–Kier alpha value is -4.72. The molecule has 234 valence electrons. The fraction of sp³-hybridized carbons (Fsp3) is 0.188. The molecule has 2 aromatic carbocycles. The number of halogens is 1. The highest BCUT2D eigenvalue weighted by atomic mass is 35.5. The van der Waals surface area contributed by atoms with Crippen LogP contribution in [0, 0.1) is 12.3 Å². The van der Waals surface area contributed by atoms with Crippen LogP contribution in [0.2, 0.25) is 5.02 Å². The van der Waals surface area contributed by atoms with Gasteiger partial charge in [0, 0.05) is 23.5 Å². The van der Waals surface area contributed by atoms with Gasteiger partial charge in [-0.25, -0.2) is 4.98 Å². The zero-order valence-electron chi connectivity index (χ0n) is 25.0. The number of fused-ring (bicyclic) bond motifs is 2. The summed E-state index contributed by atoms with van der Waals surface area (Å²) in [6.45, 7) is 2.14. The van der Waals surface area contributed by atoms with Gasteiger partial charge in [0.15, 0.2) is 15.8 Å². The number of anilines is 1. The molecule has 6 rings (SSSR count). The van der Waals surface area contributed by atoms with Gasteiger partial charge in [-0.05, 0) is 60.4 Å². The first-order chi connectivity index (χ1) is 22.3. The van der Waals surface area contributed by atoms with Gasteiger partial charge in [0.05, 0.1) is 25.2 Å². The number of hydrogen-bond donors (Lipinski definition) is 2. The van der Waals surface area contributed by atoms with E-state index < -0.39 is 5.91 Å². The van der Waals surface area contributed by atoms with Crippen LogP contribution < -0.4 is 25.8 Å². The summed E-state index contributed by atoms with van der Waals surface area (Å²) in [5, 5.41) is 21.3. The second-order valence-electron chi connectivity index (χ2n) is 10.2. The molecule has 0 fully saturated rings. The number of carbonyl (C=O) groups excluding carboxylic acids is 1. The highest BCUT2D eigenvalue weighted by Crippen LogP contribution is 2.31. The monoisotopic (exact) mass is 673 g/mol. The normalized spacial score (nSPS) is 11.2. The van der Waals surface area contributed by atoms with Crippen LogP contribution in [-0.2, 0) is 18.7 Å². The van der Waals surface area contributed by atoms with Crippen LogP contribution in [0.5, 0.6) is 11.5 Å². The Morgan fingerprint density at radius 3 is 2.63 bits per heavy atom. The third kappa shape index (κ3) is 6.21. The second-order valence-corrected chi connectivity index (χ2v) is 12.9. The summed E-state index contributed by atoms with van der Waals surface area (Å²) in [7, 11) is 3.14. The van der Waals surface area contributed by atoms with Gasteiger partial charge in [-0.2, -0.15) is 0 Å². The first kappa shape index (κ1) is 31.3. The fourth-order valence-corrected chi connectivity index (χ4v) is 7.04. The molecule has 14 heteroatoms.